The minimum absolute atomic E-state index is 0.317. The SMILES string of the molecule is CCOCOc1ccccc1CNC. The predicted molar refractivity (Wildman–Crippen MR) is 56.3 cm³/mol. The van der Waals surface area contributed by atoms with E-state index in [0.717, 1.165) is 17.9 Å². The third-order valence-electron chi connectivity index (χ3n) is 1.84. The molecule has 1 aromatic rings. The lowest BCUT2D eigenvalue weighted by atomic mass is 10.2. The van der Waals surface area contributed by atoms with Gasteiger partial charge in [-0.3, -0.25) is 0 Å². The van der Waals surface area contributed by atoms with Gasteiger partial charge in [-0.15, -0.1) is 0 Å². The summed E-state index contributed by atoms with van der Waals surface area (Å²) in [6.45, 7) is 3.75. The molecule has 0 fully saturated rings. The lowest BCUT2D eigenvalue weighted by molar-refractivity contribution is 0.0218. The zero-order chi connectivity index (χ0) is 10.2. The largest absolute Gasteiger partial charge is 0.467 e. The minimum Gasteiger partial charge on any atom is -0.467 e. The van der Waals surface area contributed by atoms with Crippen LogP contribution in [-0.2, 0) is 11.3 Å². The summed E-state index contributed by atoms with van der Waals surface area (Å²) < 4.78 is 10.6. The molecule has 0 amide bonds. The molecule has 0 bridgehead atoms. The predicted octanol–water partition coefficient (Wildman–Crippen LogP) is 1.78. The third-order valence-corrected chi connectivity index (χ3v) is 1.84. The minimum atomic E-state index is 0.317. The molecule has 1 aromatic carbocycles. The van der Waals surface area contributed by atoms with E-state index in [2.05, 4.69) is 5.32 Å². The third kappa shape index (κ3) is 3.36. The van der Waals surface area contributed by atoms with Gasteiger partial charge in [0.15, 0.2) is 6.79 Å². The molecule has 3 heteroatoms. The fourth-order valence-corrected chi connectivity index (χ4v) is 1.17. The molecule has 0 spiro atoms. The Bertz CT molecular complexity index is 263. The Morgan fingerprint density at radius 1 is 1.29 bits per heavy atom. The number of para-hydroxylation sites is 1. The fourth-order valence-electron chi connectivity index (χ4n) is 1.17. The Morgan fingerprint density at radius 2 is 2.07 bits per heavy atom. The maximum atomic E-state index is 5.47. The molecule has 0 unspecified atom stereocenters. The Morgan fingerprint density at radius 3 is 2.79 bits per heavy atom. The zero-order valence-electron chi connectivity index (χ0n) is 8.75. The van der Waals surface area contributed by atoms with E-state index in [1.807, 2.05) is 38.2 Å². The highest BCUT2D eigenvalue weighted by atomic mass is 16.7. The fraction of sp³-hybridized carbons (Fsp3) is 0.455. The van der Waals surface area contributed by atoms with Crippen molar-refractivity contribution >= 4 is 0 Å². The molecule has 14 heavy (non-hydrogen) atoms. The van der Waals surface area contributed by atoms with E-state index in [4.69, 9.17) is 9.47 Å². The van der Waals surface area contributed by atoms with Crippen LogP contribution in [0.1, 0.15) is 12.5 Å². The van der Waals surface area contributed by atoms with Crippen LogP contribution in [0.3, 0.4) is 0 Å². The second-order valence-corrected chi connectivity index (χ2v) is 2.89. The summed E-state index contributed by atoms with van der Waals surface area (Å²) in [4.78, 5) is 0. The average molecular weight is 195 g/mol. The topological polar surface area (TPSA) is 30.5 Å². The smallest absolute Gasteiger partial charge is 0.189 e. The first-order chi connectivity index (χ1) is 6.88. The van der Waals surface area contributed by atoms with E-state index < -0.39 is 0 Å². The molecule has 1 N–H and O–H groups in total. The van der Waals surface area contributed by atoms with Crippen LogP contribution in [0.25, 0.3) is 0 Å². The van der Waals surface area contributed by atoms with Crippen LogP contribution in [0, 0.1) is 0 Å². The Kier molecular flexibility index (Phi) is 5.04. The molecule has 0 aromatic heterocycles. The second kappa shape index (κ2) is 6.40. The summed E-state index contributed by atoms with van der Waals surface area (Å²) in [5, 5.41) is 3.09. The van der Waals surface area contributed by atoms with Crippen molar-refractivity contribution in [3.8, 4) is 5.75 Å². The van der Waals surface area contributed by atoms with Gasteiger partial charge in [-0.1, -0.05) is 18.2 Å². The van der Waals surface area contributed by atoms with Crippen LogP contribution in [0.2, 0.25) is 0 Å². The van der Waals surface area contributed by atoms with Gasteiger partial charge in [0.05, 0.1) is 0 Å². The molecule has 78 valence electrons. The number of benzene rings is 1. The summed E-state index contributed by atoms with van der Waals surface area (Å²) in [5.74, 6) is 0.885. The van der Waals surface area contributed by atoms with Crippen molar-refractivity contribution in [3.63, 3.8) is 0 Å². The van der Waals surface area contributed by atoms with E-state index in [1.54, 1.807) is 0 Å². The molecule has 0 saturated carbocycles. The van der Waals surface area contributed by atoms with Gasteiger partial charge in [0, 0.05) is 18.7 Å². The van der Waals surface area contributed by atoms with E-state index in [9.17, 15) is 0 Å². The highest BCUT2D eigenvalue weighted by molar-refractivity contribution is 5.32. The maximum absolute atomic E-state index is 5.47. The molecular weight excluding hydrogens is 178 g/mol. The van der Waals surface area contributed by atoms with Crippen molar-refractivity contribution in [2.45, 2.75) is 13.5 Å². The second-order valence-electron chi connectivity index (χ2n) is 2.89. The number of nitrogens with one attached hydrogen (secondary N) is 1. The van der Waals surface area contributed by atoms with E-state index in [-0.39, 0.29) is 0 Å². The summed E-state index contributed by atoms with van der Waals surface area (Å²) in [5.41, 5.74) is 1.15. The number of hydrogen-bond acceptors (Lipinski definition) is 3. The van der Waals surface area contributed by atoms with Gasteiger partial charge in [-0.25, -0.2) is 0 Å². The Balaban J connectivity index is 2.55. The lowest BCUT2D eigenvalue weighted by Gasteiger charge is -2.10. The molecule has 1 rings (SSSR count). The molecule has 0 radical (unpaired) electrons. The molecular formula is C11H17NO2. The number of rotatable bonds is 6. The van der Waals surface area contributed by atoms with Crippen LogP contribution in [0.5, 0.6) is 5.75 Å². The van der Waals surface area contributed by atoms with Crippen LogP contribution in [0.15, 0.2) is 24.3 Å². The zero-order valence-corrected chi connectivity index (χ0v) is 8.75. The van der Waals surface area contributed by atoms with Crippen molar-refractivity contribution < 1.29 is 9.47 Å². The average Bonchev–Trinajstić information content (AvgIpc) is 2.21. The Hall–Kier alpha value is -1.06. The maximum Gasteiger partial charge on any atom is 0.189 e. The first-order valence-corrected chi connectivity index (χ1v) is 4.81. The van der Waals surface area contributed by atoms with Crippen molar-refractivity contribution in [3.05, 3.63) is 29.8 Å². The van der Waals surface area contributed by atoms with E-state index in [1.165, 1.54) is 0 Å². The van der Waals surface area contributed by atoms with Crippen LogP contribution < -0.4 is 10.1 Å². The summed E-state index contributed by atoms with van der Waals surface area (Å²) in [6.07, 6.45) is 0. The first-order valence-electron chi connectivity index (χ1n) is 4.81. The van der Waals surface area contributed by atoms with Crippen LogP contribution >= 0.6 is 0 Å². The Labute approximate surface area is 85.0 Å². The van der Waals surface area contributed by atoms with E-state index >= 15 is 0 Å². The van der Waals surface area contributed by atoms with Gasteiger partial charge in [0.1, 0.15) is 5.75 Å². The summed E-state index contributed by atoms with van der Waals surface area (Å²) >= 11 is 0. The van der Waals surface area contributed by atoms with Gasteiger partial charge in [-0.05, 0) is 20.0 Å². The molecule has 0 aliphatic heterocycles. The monoisotopic (exact) mass is 195 g/mol. The highest BCUT2D eigenvalue weighted by Crippen LogP contribution is 2.17. The standard InChI is InChI=1S/C11H17NO2/c1-3-13-9-14-11-7-5-4-6-10(11)8-12-2/h4-7,12H,3,8-9H2,1-2H3. The van der Waals surface area contributed by atoms with Crippen molar-refractivity contribution in [1.82, 2.24) is 5.32 Å². The van der Waals surface area contributed by atoms with Gasteiger partial charge >= 0.3 is 0 Å². The quantitative estimate of drug-likeness (QED) is 0.554. The molecule has 0 saturated heterocycles. The number of ether oxygens (including phenoxy) is 2. The van der Waals surface area contributed by atoms with Crippen molar-refractivity contribution in [1.29, 1.82) is 0 Å². The van der Waals surface area contributed by atoms with Gasteiger partial charge in [0.25, 0.3) is 0 Å². The highest BCUT2D eigenvalue weighted by Gasteiger charge is 2.00. The van der Waals surface area contributed by atoms with Crippen molar-refractivity contribution in [2.75, 3.05) is 20.4 Å². The van der Waals surface area contributed by atoms with E-state index in [0.29, 0.717) is 13.4 Å². The van der Waals surface area contributed by atoms with Crippen LogP contribution in [-0.4, -0.2) is 20.4 Å². The summed E-state index contributed by atoms with van der Waals surface area (Å²) in [6, 6.07) is 7.95. The van der Waals surface area contributed by atoms with Crippen LogP contribution in [0.4, 0.5) is 0 Å². The number of hydrogen-bond donors (Lipinski definition) is 1. The summed E-state index contributed by atoms with van der Waals surface area (Å²) in [7, 11) is 1.92. The molecule has 0 atom stereocenters. The molecule has 0 aliphatic carbocycles. The first kappa shape index (κ1) is 11.0. The van der Waals surface area contributed by atoms with Gasteiger partial charge in [-0.2, -0.15) is 0 Å². The molecule has 0 heterocycles. The van der Waals surface area contributed by atoms with Crippen molar-refractivity contribution in [2.24, 2.45) is 0 Å². The molecule has 0 aliphatic rings. The normalized spacial score (nSPS) is 10.1. The lowest BCUT2D eigenvalue weighted by Crippen LogP contribution is -2.09. The van der Waals surface area contributed by atoms with Gasteiger partial charge < -0.3 is 14.8 Å². The van der Waals surface area contributed by atoms with Gasteiger partial charge in [0.2, 0.25) is 0 Å². The molecule has 3 nitrogen and oxygen atoms in total.